The number of hydrogen-bond acceptors (Lipinski definition) is 5. The summed E-state index contributed by atoms with van der Waals surface area (Å²) in [4.78, 5) is 30.7. The number of nitrogens with one attached hydrogen (secondary N) is 3. The van der Waals surface area contributed by atoms with Gasteiger partial charge in [-0.2, -0.15) is 0 Å². The Morgan fingerprint density at radius 2 is 1.97 bits per heavy atom. The number of amides is 2. The van der Waals surface area contributed by atoms with Crippen LogP contribution in [0.4, 0.5) is 5.69 Å². The first kappa shape index (κ1) is 23.9. The number of anilines is 1. The maximum atomic E-state index is 13.3. The standard InChI is InChI=1S/C27H33N5O2/c1-2-18-8-10-23-21(12-18)14-22(17-30-23)31-26(33)24(11-9-19-6-4-3-5-7-19)32-27(34)25-13-20(15-28)16-29-25/h3-8,10,12,14,17,20,24-25,29H,2,9,11,13,15-16,28H2,1H3,(H,31,33)(H,32,34)/t20-,24-,25+/m1/s1. The SMILES string of the molecule is CCc1ccc2ncc(NC(=O)[C@@H](CCc3ccccc3)NC(=O)[C@@H]3C[C@H](CN)CN3)cc2c1. The van der Waals surface area contributed by atoms with Crippen molar-refractivity contribution in [2.24, 2.45) is 11.7 Å². The number of aryl methyl sites for hydroxylation is 2. The molecule has 178 valence electrons. The number of aromatic nitrogens is 1. The van der Waals surface area contributed by atoms with Crippen LogP contribution in [-0.2, 0) is 22.4 Å². The second-order valence-corrected chi connectivity index (χ2v) is 8.98. The Balaban J connectivity index is 1.48. The lowest BCUT2D eigenvalue weighted by Crippen LogP contribution is -2.50. The highest BCUT2D eigenvalue weighted by Crippen LogP contribution is 2.19. The van der Waals surface area contributed by atoms with E-state index >= 15 is 0 Å². The van der Waals surface area contributed by atoms with E-state index < -0.39 is 6.04 Å². The fourth-order valence-electron chi connectivity index (χ4n) is 4.38. The van der Waals surface area contributed by atoms with E-state index in [-0.39, 0.29) is 23.8 Å². The molecule has 0 bridgehead atoms. The van der Waals surface area contributed by atoms with Gasteiger partial charge in [0.25, 0.3) is 0 Å². The van der Waals surface area contributed by atoms with Crippen LogP contribution in [0.5, 0.6) is 0 Å². The summed E-state index contributed by atoms with van der Waals surface area (Å²) in [5, 5.41) is 10.1. The van der Waals surface area contributed by atoms with Gasteiger partial charge in [0, 0.05) is 5.39 Å². The molecule has 4 rings (SSSR count). The summed E-state index contributed by atoms with van der Waals surface area (Å²) in [6.07, 6.45) is 4.45. The van der Waals surface area contributed by atoms with E-state index in [2.05, 4.69) is 40.0 Å². The number of pyridine rings is 1. The van der Waals surface area contributed by atoms with Crippen LogP contribution in [0.25, 0.3) is 10.9 Å². The van der Waals surface area contributed by atoms with Crippen LogP contribution in [0.15, 0.2) is 60.8 Å². The normalized spacial score (nSPS) is 18.5. The second-order valence-electron chi connectivity index (χ2n) is 8.98. The highest BCUT2D eigenvalue weighted by atomic mass is 16.2. The summed E-state index contributed by atoms with van der Waals surface area (Å²) >= 11 is 0. The van der Waals surface area contributed by atoms with Gasteiger partial charge in [0.15, 0.2) is 0 Å². The topological polar surface area (TPSA) is 109 Å². The van der Waals surface area contributed by atoms with Crippen LogP contribution >= 0.6 is 0 Å². The molecule has 1 aliphatic heterocycles. The van der Waals surface area contributed by atoms with Crippen molar-refractivity contribution in [3.05, 3.63) is 71.9 Å². The van der Waals surface area contributed by atoms with Crippen molar-refractivity contribution in [3.8, 4) is 0 Å². The maximum Gasteiger partial charge on any atom is 0.247 e. The van der Waals surface area contributed by atoms with Crippen molar-refractivity contribution in [1.29, 1.82) is 0 Å². The summed E-state index contributed by atoms with van der Waals surface area (Å²) in [6, 6.07) is 17.1. The van der Waals surface area contributed by atoms with Gasteiger partial charge in [0.1, 0.15) is 6.04 Å². The molecule has 1 saturated heterocycles. The van der Waals surface area contributed by atoms with Crippen molar-refractivity contribution in [3.63, 3.8) is 0 Å². The monoisotopic (exact) mass is 459 g/mol. The number of nitrogens with two attached hydrogens (primary N) is 1. The number of benzene rings is 2. The molecule has 34 heavy (non-hydrogen) atoms. The van der Waals surface area contributed by atoms with Gasteiger partial charge >= 0.3 is 0 Å². The Bertz CT molecular complexity index is 1130. The Morgan fingerprint density at radius 3 is 2.71 bits per heavy atom. The molecule has 5 N–H and O–H groups in total. The summed E-state index contributed by atoms with van der Waals surface area (Å²) in [7, 11) is 0. The summed E-state index contributed by atoms with van der Waals surface area (Å²) in [5.41, 5.74) is 9.59. The van der Waals surface area contributed by atoms with Gasteiger partial charge in [-0.3, -0.25) is 14.6 Å². The fourth-order valence-corrected chi connectivity index (χ4v) is 4.38. The fraction of sp³-hybridized carbons (Fsp3) is 0.370. The first-order valence-electron chi connectivity index (χ1n) is 12.0. The van der Waals surface area contributed by atoms with Gasteiger partial charge in [-0.05, 0) is 74.0 Å². The lowest BCUT2D eigenvalue weighted by atomic mass is 10.0. The van der Waals surface area contributed by atoms with Crippen molar-refractivity contribution in [1.82, 2.24) is 15.6 Å². The number of nitrogens with zero attached hydrogens (tertiary/aromatic N) is 1. The first-order valence-corrected chi connectivity index (χ1v) is 12.0. The molecule has 2 amide bonds. The average Bonchev–Trinajstić information content (AvgIpc) is 3.36. The number of fused-ring (bicyclic) bond motifs is 1. The molecule has 1 aromatic heterocycles. The number of rotatable bonds is 9. The van der Waals surface area contributed by atoms with Crippen molar-refractivity contribution in [2.75, 3.05) is 18.4 Å². The Kier molecular flexibility index (Phi) is 7.87. The zero-order valence-electron chi connectivity index (χ0n) is 19.6. The molecule has 3 aromatic rings. The minimum Gasteiger partial charge on any atom is -0.343 e. The maximum absolute atomic E-state index is 13.3. The van der Waals surface area contributed by atoms with Gasteiger partial charge < -0.3 is 21.7 Å². The smallest absolute Gasteiger partial charge is 0.247 e. The minimum atomic E-state index is -0.663. The number of carbonyl (C=O) groups excluding carboxylic acids is 2. The van der Waals surface area contributed by atoms with E-state index in [0.717, 1.165) is 29.4 Å². The summed E-state index contributed by atoms with van der Waals surface area (Å²) < 4.78 is 0. The zero-order valence-corrected chi connectivity index (χ0v) is 19.6. The van der Waals surface area contributed by atoms with Crippen LogP contribution < -0.4 is 21.7 Å². The summed E-state index contributed by atoms with van der Waals surface area (Å²) in [5.74, 6) is -0.122. The van der Waals surface area contributed by atoms with Crippen molar-refractivity contribution < 1.29 is 9.59 Å². The molecular weight excluding hydrogens is 426 g/mol. The van der Waals surface area contributed by atoms with Gasteiger partial charge in [-0.15, -0.1) is 0 Å². The van der Waals surface area contributed by atoms with Crippen LogP contribution in [0, 0.1) is 5.92 Å². The van der Waals surface area contributed by atoms with E-state index in [4.69, 9.17) is 5.73 Å². The molecule has 0 saturated carbocycles. The molecule has 7 nitrogen and oxygen atoms in total. The molecular formula is C27H33N5O2. The molecule has 0 unspecified atom stereocenters. The third-order valence-corrected chi connectivity index (χ3v) is 6.49. The molecule has 1 fully saturated rings. The number of carbonyl (C=O) groups is 2. The van der Waals surface area contributed by atoms with E-state index in [0.29, 0.717) is 31.5 Å². The molecule has 1 aliphatic rings. The quantitative estimate of drug-likeness (QED) is 0.393. The Hall–Kier alpha value is -3.29. The van der Waals surface area contributed by atoms with Crippen LogP contribution in [-0.4, -0.2) is 42.0 Å². The largest absolute Gasteiger partial charge is 0.343 e. The highest BCUT2D eigenvalue weighted by molar-refractivity contribution is 5.99. The molecule has 0 spiro atoms. The molecule has 0 radical (unpaired) electrons. The average molecular weight is 460 g/mol. The van der Waals surface area contributed by atoms with Gasteiger partial charge in [0.05, 0.1) is 23.4 Å². The van der Waals surface area contributed by atoms with Gasteiger partial charge in [0.2, 0.25) is 11.8 Å². The third kappa shape index (κ3) is 5.98. The predicted molar refractivity (Wildman–Crippen MR) is 135 cm³/mol. The molecule has 3 atom stereocenters. The Labute approximate surface area is 200 Å². The van der Waals surface area contributed by atoms with E-state index in [1.54, 1.807) is 6.20 Å². The summed E-state index contributed by atoms with van der Waals surface area (Å²) in [6.45, 7) is 3.37. The van der Waals surface area contributed by atoms with Crippen LogP contribution in [0.2, 0.25) is 0 Å². The van der Waals surface area contributed by atoms with Crippen LogP contribution in [0.3, 0.4) is 0 Å². The van der Waals surface area contributed by atoms with Gasteiger partial charge in [-0.25, -0.2) is 0 Å². The first-order chi connectivity index (χ1) is 16.6. The second kappa shape index (κ2) is 11.2. The molecule has 0 aliphatic carbocycles. The van der Waals surface area contributed by atoms with E-state index in [1.807, 2.05) is 42.5 Å². The van der Waals surface area contributed by atoms with E-state index in [1.165, 1.54) is 5.56 Å². The minimum absolute atomic E-state index is 0.159. The van der Waals surface area contributed by atoms with E-state index in [9.17, 15) is 9.59 Å². The third-order valence-electron chi connectivity index (χ3n) is 6.49. The Morgan fingerprint density at radius 1 is 1.15 bits per heavy atom. The van der Waals surface area contributed by atoms with Crippen LogP contribution in [0.1, 0.15) is 30.9 Å². The lowest BCUT2D eigenvalue weighted by Gasteiger charge is -2.21. The molecule has 2 aromatic carbocycles. The number of hydrogen-bond donors (Lipinski definition) is 4. The predicted octanol–water partition coefficient (Wildman–Crippen LogP) is 2.79. The highest BCUT2D eigenvalue weighted by Gasteiger charge is 2.31. The van der Waals surface area contributed by atoms with Crippen molar-refractivity contribution >= 4 is 28.4 Å². The zero-order chi connectivity index (χ0) is 23.9. The molecule has 7 heteroatoms. The van der Waals surface area contributed by atoms with Crippen molar-refractivity contribution in [2.45, 2.75) is 44.7 Å². The molecule has 2 heterocycles. The lowest BCUT2D eigenvalue weighted by molar-refractivity contribution is -0.127. The van der Waals surface area contributed by atoms with Gasteiger partial charge in [-0.1, -0.05) is 43.3 Å².